The van der Waals surface area contributed by atoms with Gasteiger partial charge in [-0.05, 0) is 55.2 Å². The molecule has 1 aliphatic heterocycles. The molecule has 32 heavy (non-hydrogen) atoms. The van der Waals surface area contributed by atoms with E-state index in [0.29, 0.717) is 28.6 Å². The summed E-state index contributed by atoms with van der Waals surface area (Å²) < 4.78 is 5.84. The van der Waals surface area contributed by atoms with Gasteiger partial charge in [0.05, 0.1) is 17.3 Å². The lowest BCUT2D eigenvalue weighted by Gasteiger charge is -2.31. The van der Waals surface area contributed by atoms with Gasteiger partial charge in [-0.25, -0.2) is 9.97 Å². The van der Waals surface area contributed by atoms with Gasteiger partial charge in [0.25, 0.3) is 0 Å². The van der Waals surface area contributed by atoms with Crippen molar-refractivity contribution in [3.05, 3.63) is 72.1 Å². The van der Waals surface area contributed by atoms with Crippen molar-refractivity contribution < 1.29 is 9.53 Å². The first-order valence-electron chi connectivity index (χ1n) is 10.6. The third-order valence-corrected chi connectivity index (χ3v) is 6.23. The summed E-state index contributed by atoms with van der Waals surface area (Å²) in [6, 6.07) is 17.0. The second kappa shape index (κ2) is 8.30. The van der Waals surface area contributed by atoms with Gasteiger partial charge in [0, 0.05) is 18.2 Å². The second-order valence-corrected chi connectivity index (χ2v) is 8.25. The summed E-state index contributed by atoms with van der Waals surface area (Å²) in [5.41, 5.74) is 7.54. The maximum absolute atomic E-state index is 11.4. The molecule has 1 amide bonds. The van der Waals surface area contributed by atoms with Crippen molar-refractivity contribution in [2.75, 3.05) is 17.6 Å². The summed E-state index contributed by atoms with van der Waals surface area (Å²) in [5.74, 6) is 2.70. The molecule has 3 aromatic rings. The number of fused-ring (bicyclic) bond motifs is 2. The van der Waals surface area contributed by atoms with E-state index in [-0.39, 0.29) is 23.6 Å². The SMILES string of the molecule is N=C(c1ccc(Oc2ccccc2)cc1)c1c(N)ncnc1NC1CC2CC1N(C=O)C2. The molecule has 5 rings (SSSR count). The number of amides is 1. The van der Waals surface area contributed by atoms with Crippen molar-refractivity contribution in [3.63, 3.8) is 0 Å². The monoisotopic (exact) mass is 428 g/mol. The van der Waals surface area contributed by atoms with Crippen LogP contribution in [0, 0.1) is 11.3 Å². The summed E-state index contributed by atoms with van der Waals surface area (Å²) in [5, 5.41) is 12.2. The van der Waals surface area contributed by atoms with Crippen LogP contribution in [0.25, 0.3) is 0 Å². The van der Waals surface area contributed by atoms with Crippen molar-refractivity contribution >= 4 is 23.8 Å². The second-order valence-electron chi connectivity index (χ2n) is 8.25. The first kappa shape index (κ1) is 20.0. The van der Waals surface area contributed by atoms with E-state index in [1.54, 1.807) is 0 Å². The quantitative estimate of drug-likeness (QED) is 0.393. The molecule has 2 heterocycles. The van der Waals surface area contributed by atoms with Gasteiger partial charge in [-0.2, -0.15) is 0 Å². The summed E-state index contributed by atoms with van der Waals surface area (Å²) >= 11 is 0. The minimum atomic E-state index is 0.0847. The maximum Gasteiger partial charge on any atom is 0.210 e. The lowest BCUT2D eigenvalue weighted by Crippen LogP contribution is -2.44. The standard InChI is InChI=1S/C24H24N6O2/c25-22(16-6-8-18(9-7-16)32-17-4-2-1-3-5-17)21-23(26)27-13-28-24(21)29-19-10-15-11-20(19)30(12-15)14-31/h1-9,13-15,19-20,25H,10-12H2,(H3,26,27,28,29). The van der Waals surface area contributed by atoms with E-state index in [4.69, 9.17) is 15.9 Å². The Kier molecular flexibility index (Phi) is 5.18. The Balaban J connectivity index is 1.36. The smallest absolute Gasteiger partial charge is 0.210 e. The molecular weight excluding hydrogens is 404 g/mol. The van der Waals surface area contributed by atoms with Crippen LogP contribution >= 0.6 is 0 Å². The van der Waals surface area contributed by atoms with Crippen LogP contribution in [-0.2, 0) is 4.79 Å². The molecular formula is C24H24N6O2. The number of benzene rings is 2. The number of hydrogen-bond donors (Lipinski definition) is 3. The van der Waals surface area contributed by atoms with Crippen LogP contribution in [0.5, 0.6) is 11.5 Å². The van der Waals surface area contributed by atoms with Crippen molar-refractivity contribution in [1.29, 1.82) is 5.41 Å². The molecule has 2 aliphatic rings. The highest BCUT2D eigenvalue weighted by molar-refractivity contribution is 6.16. The molecule has 4 N–H and O–H groups in total. The van der Waals surface area contributed by atoms with Crippen LogP contribution in [-0.4, -0.2) is 45.6 Å². The highest BCUT2D eigenvalue weighted by Crippen LogP contribution is 2.38. The zero-order valence-electron chi connectivity index (χ0n) is 17.4. The van der Waals surface area contributed by atoms with Crippen LogP contribution in [0.4, 0.5) is 11.6 Å². The molecule has 0 radical (unpaired) electrons. The molecule has 2 aromatic carbocycles. The lowest BCUT2D eigenvalue weighted by molar-refractivity contribution is -0.119. The highest BCUT2D eigenvalue weighted by Gasteiger charge is 2.44. The number of hydrogen-bond acceptors (Lipinski definition) is 7. The number of ether oxygens (including phenoxy) is 1. The van der Waals surface area contributed by atoms with E-state index in [9.17, 15) is 4.79 Å². The molecule has 1 saturated carbocycles. The van der Waals surface area contributed by atoms with Crippen LogP contribution < -0.4 is 15.8 Å². The van der Waals surface area contributed by atoms with Crippen LogP contribution in [0.1, 0.15) is 24.0 Å². The van der Waals surface area contributed by atoms with Crippen LogP contribution in [0.3, 0.4) is 0 Å². The first-order valence-corrected chi connectivity index (χ1v) is 10.6. The van der Waals surface area contributed by atoms with E-state index in [1.165, 1.54) is 6.33 Å². The van der Waals surface area contributed by atoms with Gasteiger partial charge in [0.1, 0.15) is 29.5 Å². The molecule has 1 aromatic heterocycles. The Morgan fingerprint density at radius 3 is 2.56 bits per heavy atom. The van der Waals surface area contributed by atoms with Gasteiger partial charge in [-0.3, -0.25) is 10.2 Å². The van der Waals surface area contributed by atoms with Crippen LogP contribution in [0.2, 0.25) is 0 Å². The average molecular weight is 428 g/mol. The first-order chi connectivity index (χ1) is 15.6. The minimum Gasteiger partial charge on any atom is -0.457 e. The minimum absolute atomic E-state index is 0.0847. The zero-order chi connectivity index (χ0) is 22.1. The number of piperidine rings is 1. The molecule has 1 aliphatic carbocycles. The maximum atomic E-state index is 11.4. The normalized spacial score (nSPS) is 21.4. The highest BCUT2D eigenvalue weighted by atomic mass is 16.5. The van der Waals surface area contributed by atoms with Gasteiger partial charge < -0.3 is 20.7 Å². The summed E-state index contributed by atoms with van der Waals surface area (Å²) in [7, 11) is 0. The van der Waals surface area contributed by atoms with E-state index >= 15 is 0 Å². The molecule has 3 atom stereocenters. The van der Waals surface area contributed by atoms with Crippen molar-refractivity contribution in [1.82, 2.24) is 14.9 Å². The van der Waals surface area contributed by atoms with Crippen molar-refractivity contribution in [2.45, 2.75) is 24.9 Å². The van der Waals surface area contributed by atoms with E-state index in [0.717, 1.165) is 31.5 Å². The molecule has 2 bridgehead atoms. The number of nitrogens with zero attached hydrogens (tertiary/aromatic N) is 3. The van der Waals surface area contributed by atoms with Gasteiger partial charge in [-0.1, -0.05) is 18.2 Å². The van der Waals surface area contributed by atoms with Gasteiger partial charge >= 0.3 is 0 Å². The number of carbonyl (C=O) groups is 1. The Hall–Kier alpha value is -3.94. The topological polar surface area (TPSA) is 117 Å². The number of para-hydroxylation sites is 1. The zero-order valence-corrected chi connectivity index (χ0v) is 17.4. The summed E-state index contributed by atoms with van der Waals surface area (Å²) in [6.07, 6.45) is 4.29. The van der Waals surface area contributed by atoms with Gasteiger partial charge in [-0.15, -0.1) is 0 Å². The third kappa shape index (κ3) is 3.75. The molecule has 8 heteroatoms. The number of nitrogens with two attached hydrogens (primary N) is 1. The Morgan fingerprint density at radius 1 is 1.09 bits per heavy atom. The Morgan fingerprint density at radius 2 is 1.84 bits per heavy atom. The fourth-order valence-electron chi connectivity index (χ4n) is 4.73. The third-order valence-electron chi connectivity index (χ3n) is 6.23. The predicted octanol–water partition coefficient (Wildman–Crippen LogP) is 3.30. The summed E-state index contributed by atoms with van der Waals surface area (Å²) in [6.45, 7) is 0.818. The van der Waals surface area contributed by atoms with Gasteiger partial charge in [0.2, 0.25) is 6.41 Å². The molecule has 162 valence electrons. The molecule has 1 saturated heterocycles. The number of likely N-dealkylation sites (tertiary alicyclic amines) is 1. The molecule has 0 spiro atoms. The van der Waals surface area contributed by atoms with E-state index < -0.39 is 0 Å². The Bertz CT molecular complexity index is 1130. The fraction of sp³-hybridized carbons (Fsp3) is 0.250. The number of anilines is 2. The number of nitrogens with one attached hydrogen (secondary N) is 2. The van der Waals surface area contributed by atoms with E-state index in [2.05, 4.69) is 15.3 Å². The van der Waals surface area contributed by atoms with Gasteiger partial charge in [0.15, 0.2) is 0 Å². The molecule has 2 fully saturated rings. The largest absolute Gasteiger partial charge is 0.457 e. The fourth-order valence-corrected chi connectivity index (χ4v) is 4.73. The Labute approximate surface area is 186 Å². The number of rotatable bonds is 7. The van der Waals surface area contributed by atoms with Crippen molar-refractivity contribution in [2.24, 2.45) is 5.92 Å². The number of nitrogen functional groups attached to an aromatic ring is 1. The lowest BCUT2D eigenvalue weighted by atomic mass is 10.0. The number of carbonyl (C=O) groups excluding carboxylic acids is 1. The average Bonchev–Trinajstić information content (AvgIpc) is 3.40. The summed E-state index contributed by atoms with van der Waals surface area (Å²) in [4.78, 5) is 21.7. The van der Waals surface area contributed by atoms with Crippen LogP contribution in [0.15, 0.2) is 60.9 Å². The molecule has 8 nitrogen and oxygen atoms in total. The van der Waals surface area contributed by atoms with Crippen molar-refractivity contribution in [3.8, 4) is 11.5 Å². The van der Waals surface area contributed by atoms with E-state index in [1.807, 2.05) is 59.5 Å². The predicted molar refractivity (Wildman–Crippen MR) is 122 cm³/mol. The number of aromatic nitrogens is 2. The molecule has 3 unspecified atom stereocenters.